The molecule has 0 fully saturated rings. The van der Waals surface area contributed by atoms with Crippen molar-refractivity contribution in [1.82, 2.24) is 9.55 Å². The van der Waals surface area contributed by atoms with E-state index in [0.717, 1.165) is 19.1 Å². The topological polar surface area (TPSA) is 76.4 Å². The van der Waals surface area contributed by atoms with E-state index in [9.17, 15) is 23.1 Å². The number of aryl methyl sites for hydroxylation is 2. The highest BCUT2D eigenvalue weighted by atomic mass is 19.4. The summed E-state index contributed by atoms with van der Waals surface area (Å²) in [6, 6.07) is 8.62. The number of aliphatic hydroxyl groups excluding tert-OH is 1. The highest BCUT2D eigenvalue weighted by Gasteiger charge is 2.39. The van der Waals surface area contributed by atoms with Gasteiger partial charge in [-0.15, -0.1) is 0 Å². The summed E-state index contributed by atoms with van der Waals surface area (Å²) in [5.74, 6) is -1.93. The van der Waals surface area contributed by atoms with Crippen LogP contribution in [0.5, 0.6) is 5.75 Å². The predicted molar refractivity (Wildman–Crippen MR) is 115 cm³/mol. The van der Waals surface area contributed by atoms with Crippen molar-refractivity contribution >= 4 is 11.6 Å². The van der Waals surface area contributed by atoms with Crippen molar-refractivity contribution in [3.05, 3.63) is 65.4 Å². The summed E-state index contributed by atoms with van der Waals surface area (Å²) >= 11 is 0. The number of carbonyl (C=O) groups excluding carboxylic acids is 1. The molecule has 1 unspecified atom stereocenters. The van der Waals surface area contributed by atoms with Crippen molar-refractivity contribution in [3.8, 4) is 17.0 Å². The van der Waals surface area contributed by atoms with Crippen LogP contribution in [0.4, 0.5) is 23.2 Å². The lowest BCUT2D eigenvalue weighted by Crippen LogP contribution is -2.32. The standard InChI is InChI=1S/C23H23F4N3O3/c1-12-7-5-6-8-18(12)29-22(32)16-9-17(24)15(10-20(16)33-14(3)23(25,26)27)19-11-30(4)21(28-19)13(2)31/h5-11,13-14,31H,1-4H3,(H,29,32)/t13?,14-/m0/s1. The Morgan fingerprint density at radius 2 is 1.88 bits per heavy atom. The Bertz CT molecular complexity index is 1170. The number of amides is 1. The molecule has 0 spiro atoms. The van der Waals surface area contributed by atoms with Gasteiger partial charge in [0.25, 0.3) is 5.91 Å². The van der Waals surface area contributed by atoms with Crippen LogP contribution in [0.15, 0.2) is 42.6 Å². The van der Waals surface area contributed by atoms with Crippen molar-refractivity contribution in [1.29, 1.82) is 0 Å². The molecule has 0 radical (unpaired) electrons. The number of benzene rings is 2. The highest BCUT2D eigenvalue weighted by molar-refractivity contribution is 6.07. The molecule has 2 atom stereocenters. The number of alkyl halides is 3. The quantitative estimate of drug-likeness (QED) is 0.493. The first-order valence-corrected chi connectivity index (χ1v) is 10.0. The third kappa shape index (κ3) is 5.33. The van der Waals surface area contributed by atoms with Crippen molar-refractivity contribution in [2.24, 2.45) is 7.05 Å². The molecular formula is C23H23F4N3O3. The number of ether oxygens (including phenoxy) is 1. The first kappa shape index (κ1) is 24.2. The second-order valence-electron chi connectivity index (χ2n) is 7.67. The summed E-state index contributed by atoms with van der Waals surface area (Å²) in [5, 5.41) is 12.4. The van der Waals surface area contributed by atoms with Crippen LogP contribution < -0.4 is 10.1 Å². The average molecular weight is 465 g/mol. The van der Waals surface area contributed by atoms with Crippen LogP contribution in [0.25, 0.3) is 11.3 Å². The van der Waals surface area contributed by atoms with Gasteiger partial charge in [0, 0.05) is 24.5 Å². The van der Waals surface area contributed by atoms with Crippen LogP contribution >= 0.6 is 0 Å². The molecule has 0 bridgehead atoms. The van der Waals surface area contributed by atoms with E-state index < -0.39 is 41.4 Å². The Labute approximate surface area is 187 Å². The molecule has 176 valence electrons. The number of hydrogen-bond donors (Lipinski definition) is 2. The summed E-state index contributed by atoms with van der Waals surface area (Å²) in [7, 11) is 1.59. The molecule has 1 heterocycles. The summed E-state index contributed by atoms with van der Waals surface area (Å²) < 4.78 is 61.1. The van der Waals surface area contributed by atoms with Crippen LogP contribution in [0.2, 0.25) is 0 Å². The minimum absolute atomic E-state index is 0.0706. The molecule has 3 rings (SSSR count). The second kappa shape index (κ2) is 9.22. The van der Waals surface area contributed by atoms with E-state index in [1.54, 1.807) is 38.2 Å². The number of hydrogen-bond acceptors (Lipinski definition) is 4. The van der Waals surface area contributed by atoms with Gasteiger partial charge in [0.2, 0.25) is 0 Å². The zero-order valence-corrected chi connectivity index (χ0v) is 18.4. The number of nitrogens with one attached hydrogen (secondary N) is 1. The fourth-order valence-electron chi connectivity index (χ4n) is 3.18. The summed E-state index contributed by atoms with van der Waals surface area (Å²) in [6.07, 6.45) is -6.49. The van der Waals surface area contributed by atoms with Crippen molar-refractivity contribution < 1.29 is 32.2 Å². The van der Waals surface area contributed by atoms with Gasteiger partial charge in [0.05, 0.1) is 11.3 Å². The minimum Gasteiger partial charge on any atom is -0.480 e. The maximum atomic E-state index is 15.0. The number of imidazole rings is 1. The number of aromatic nitrogens is 2. The molecule has 0 aliphatic carbocycles. The van der Waals surface area contributed by atoms with E-state index in [2.05, 4.69) is 10.3 Å². The number of halogens is 4. The van der Waals surface area contributed by atoms with Crippen molar-refractivity contribution in [3.63, 3.8) is 0 Å². The minimum atomic E-state index is -4.71. The molecule has 1 aromatic heterocycles. The molecule has 1 amide bonds. The molecule has 10 heteroatoms. The Kier molecular flexibility index (Phi) is 6.78. The van der Waals surface area contributed by atoms with E-state index in [1.165, 1.54) is 17.7 Å². The molecule has 0 saturated heterocycles. The maximum Gasteiger partial charge on any atom is 0.425 e. The summed E-state index contributed by atoms with van der Waals surface area (Å²) in [5.41, 5.74) is 0.638. The molecule has 2 aromatic carbocycles. The molecular weight excluding hydrogens is 442 g/mol. The van der Waals surface area contributed by atoms with Gasteiger partial charge in [-0.1, -0.05) is 18.2 Å². The third-order valence-corrected chi connectivity index (χ3v) is 5.03. The second-order valence-corrected chi connectivity index (χ2v) is 7.67. The Hall–Kier alpha value is -3.40. The largest absolute Gasteiger partial charge is 0.480 e. The lowest BCUT2D eigenvalue weighted by molar-refractivity contribution is -0.189. The van der Waals surface area contributed by atoms with Gasteiger partial charge in [-0.05, 0) is 44.5 Å². The summed E-state index contributed by atoms with van der Waals surface area (Å²) in [6.45, 7) is 4.00. The first-order valence-electron chi connectivity index (χ1n) is 10.0. The van der Waals surface area contributed by atoms with Crippen molar-refractivity contribution in [2.45, 2.75) is 39.2 Å². The van der Waals surface area contributed by atoms with E-state index in [-0.39, 0.29) is 17.1 Å². The molecule has 0 saturated carbocycles. The fraction of sp³-hybridized carbons (Fsp3) is 0.304. The van der Waals surface area contributed by atoms with Crippen LogP contribution in [0.3, 0.4) is 0 Å². The Morgan fingerprint density at radius 1 is 1.21 bits per heavy atom. The lowest BCUT2D eigenvalue weighted by Gasteiger charge is -2.20. The maximum absolute atomic E-state index is 15.0. The zero-order valence-electron chi connectivity index (χ0n) is 18.4. The lowest BCUT2D eigenvalue weighted by atomic mass is 10.1. The molecule has 33 heavy (non-hydrogen) atoms. The van der Waals surface area contributed by atoms with E-state index in [1.807, 2.05) is 0 Å². The number of para-hydroxylation sites is 1. The van der Waals surface area contributed by atoms with Crippen molar-refractivity contribution in [2.75, 3.05) is 5.32 Å². The zero-order chi connectivity index (χ0) is 24.5. The number of aliphatic hydroxyl groups is 1. The average Bonchev–Trinajstić information content (AvgIpc) is 3.11. The molecule has 6 nitrogen and oxygen atoms in total. The van der Waals surface area contributed by atoms with Gasteiger partial charge in [-0.25, -0.2) is 9.37 Å². The first-order chi connectivity index (χ1) is 15.4. The Balaban J connectivity index is 2.08. The number of rotatable bonds is 6. The van der Waals surface area contributed by atoms with Crippen LogP contribution in [-0.2, 0) is 7.05 Å². The monoisotopic (exact) mass is 465 g/mol. The smallest absolute Gasteiger partial charge is 0.425 e. The molecule has 0 aliphatic heterocycles. The molecule has 2 N–H and O–H groups in total. The molecule has 0 aliphatic rings. The molecule has 3 aromatic rings. The number of carbonyl (C=O) groups is 1. The fourth-order valence-corrected chi connectivity index (χ4v) is 3.18. The SMILES string of the molecule is Cc1ccccc1NC(=O)c1cc(F)c(-c2cn(C)c(C(C)O)n2)cc1O[C@@H](C)C(F)(F)F. The van der Waals surface area contributed by atoms with E-state index in [4.69, 9.17) is 4.74 Å². The van der Waals surface area contributed by atoms with Gasteiger partial charge in [-0.3, -0.25) is 4.79 Å². The summed E-state index contributed by atoms with van der Waals surface area (Å²) in [4.78, 5) is 17.0. The van der Waals surface area contributed by atoms with Gasteiger partial charge < -0.3 is 19.7 Å². The highest BCUT2D eigenvalue weighted by Crippen LogP contribution is 2.34. The Morgan fingerprint density at radius 3 is 2.45 bits per heavy atom. The third-order valence-electron chi connectivity index (χ3n) is 5.03. The number of anilines is 1. The van der Waals surface area contributed by atoms with E-state index in [0.29, 0.717) is 11.3 Å². The normalized spacial score (nSPS) is 13.5. The van der Waals surface area contributed by atoms with Gasteiger partial charge in [0.15, 0.2) is 6.10 Å². The van der Waals surface area contributed by atoms with Crippen LogP contribution in [-0.4, -0.2) is 32.8 Å². The predicted octanol–water partition coefficient (Wildman–Crippen LogP) is 5.17. The van der Waals surface area contributed by atoms with Crippen LogP contribution in [0, 0.1) is 12.7 Å². The van der Waals surface area contributed by atoms with Gasteiger partial charge >= 0.3 is 6.18 Å². The van der Waals surface area contributed by atoms with E-state index >= 15 is 4.39 Å². The van der Waals surface area contributed by atoms with Gasteiger partial charge in [-0.2, -0.15) is 13.2 Å². The van der Waals surface area contributed by atoms with Crippen LogP contribution in [0.1, 0.15) is 41.7 Å². The number of nitrogens with zero attached hydrogens (tertiary/aromatic N) is 2. The van der Waals surface area contributed by atoms with Gasteiger partial charge in [0.1, 0.15) is 23.5 Å².